The molecule has 8 heteroatoms. The molecule has 1 aromatic carbocycles. The number of thiophene rings is 1. The number of nitrogens with one attached hydrogen (secondary N) is 1. The van der Waals surface area contributed by atoms with Crippen LogP contribution in [-0.2, 0) is 5.54 Å². The van der Waals surface area contributed by atoms with Crippen LogP contribution in [0.25, 0.3) is 11.5 Å². The van der Waals surface area contributed by atoms with Crippen LogP contribution in [0.4, 0.5) is 5.69 Å². The standard InChI is InChI=1S/C18H18N4O2S.ClH/c19-18(8-3-4-9-18)17-21-16(24-22-17)13-5-1-2-6-14(13)20-15(23)12-7-10-25-11-12;/h1-2,5-7,10-11H,3-4,8-9,19H2,(H,20,23);1H. The molecule has 2 heterocycles. The van der Waals surface area contributed by atoms with Crippen molar-refractivity contribution < 1.29 is 9.32 Å². The summed E-state index contributed by atoms with van der Waals surface area (Å²) in [6.07, 6.45) is 3.88. The third-order valence-electron chi connectivity index (χ3n) is 4.56. The van der Waals surface area contributed by atoms with Gasteiger partial charge in [0, 0.05) is 5.38 Å². The van der Waals surface area contributed by atoms with E-state index in [1.54, 1.807) is 11.4 Å². The van der Waals surface area contributed by atoms with Gasteiger partial charge in [-0.1, -0.05) is 30.1 Å². The number of nitrogens with two attached hydrogens (primary N) is 1. The zero-order valence-corrected chi connectivity index (χ0v) is 15.6. The number of benzene rings is 1. The van der Waals surface area contributed by atoms with E-state index in [0.717, 1.165) is 25.7 Å². The summed E-state index contributed by atoms with van der Waals surface area (Å²) in [5, 5.41) is 10.7. The number of nitrogens with zero attached hydrogens (tertiary/aromatic N) is 2. The van der Waals surface area contributed by atoms with Gasteiger partial charge in [-0.15, -0.1) is 12.4 Å². The molecule has 0 saturated heterocycles. The summed E-state index contributed by atoms with van der Waals surface area (Å²) in [4.78, 5) is 16.8. The van der Waals surface area contributed by atoms with Gasteiger partial charge in [0.1, 0.15) is 0 Å². The fourth-order valence-corrected chi connectivity index (χ4v) is 3.77. The first-order valence-electron chi connectivity index (χ1n) is 8.22. The maximum absolute atomic E-state index is 12.3. The lowest BCUT2D eigenvalue weighted by Gasteiger charge is -2.17. The highest BCUT2D eigenvalue weighted by atomic mass is 35.5. The Morgan fingerprint density at radius 1 is 1.23 bits per heavy atom. The van der Waals surface area contributed by atoms with Crippen LogP contribution in [0.1, 0.15) is 41.9 Å². The van der Waals surface area contributed by atoms with E-state index in [1.807, 2.05) is 29.6 Å². The number of carbonyl (C=O) groups is 1. The zero-order chi connectivity index (χ0) is 17.3. The molecule has 6 nitrogen and oxygen atoms in total. The average molecular weight is 391 g/mol. The van der Waals surface area contributed by atoms with E-state index in [1.165, 1.54) is 11.3 Å². The summed E-state index contributed by atoms with van der Waals surface area (Å²) in [5.41, 5.74) is 7.84. The van der Waals surface area contributed by atoms with Gasteiger partial charge >= 0.3 is 0 Å². The van der Waals surface area contributed by atoms with Crippen LogP contribution in [0.5, 0.6) is 0 Å². The van der Waals surface area contributed by atoms with Crippen LogP contribution >= 0.6 is 23.7 Å². The van der Waals surface area contributed by atoms with Gasteiger partial charge in [0.25, 0.3) is 11.8 Å². The van der Waals surface area contributed by atoms with Gasteiger partial charge in [-0.3, -0.25) is 4.79 Å². The Morgan fingerprint density at radius 3 is 2.73 bits per heavy atom. The van der Waals surface area contributed by atoms with Crippen molar-refractivity contribution in [3.05, 3.63) is 52.5 Å². The number of hydrogen-bond donors (Lipinski definition) is 2. The Hall–Kier alpha value is -2.22. The molecule has 0 bridgehead atoms. The molecule has 3 N–H and O–H groups in total. The number of hydrogen-bond acceptors (Lipinski definition) is 6. The molecular weight excluding hydrogens is 372 g/mol. The summed E-state index contributed by atoms with van der Waals surface area (Å²) >= 11 is 1.48. The molecule has 0 atom stereocenters. The molecule has 4 rings (SSSR count). The van der Waals surface area contributed by atoms with Crippen molar-refractivity contribution in [3.8, 4) is 11.5 Å². The van der Waals surface area contributed by atoms with Crippen molar-refractivity contribution in [1.82, 2.24) is 10.1 Å². The van der Waals surface area contributed by atoms with Crippen LogP contribution in [0.2, 0.25) is 0 Å². The molecule has 1 aliphatic carbocycles. The highest BCUT2D eigenvalue weighted by Crippen LogP contribution is 2.36. The Kier molecular flexibility index (Phi) is 5.41. The molecule has 136 valence electrons. The van der Waals surface area contributed by atoms with Gasteiger partial charge in [0.2, 0.25) is 0 Å². The van der Waals surface area contributed by atoms with Gasteiger partial charge in [0.05, 0.1) is 22.4 Å². The number of halogens is 1. The summed E-state index contributed by atoms with van der Waals surface area (Å²) in [6.45, 7) is 0. The lowest BCUT2D eigenvalue weighted by molar-refractivity contribution is 0.102. The van der Waals surface area contributed by atoms with Gasteiger partial charge in [-0.2, -0.15) is 16.3 Å². The van der Waals surface area contributed by atoms with Crippen LogP contribution < -0.4 is 11.1 Å². The van der Waals surface area contributed by atoms with Gasteiger partial charge in [0.15, 0.2) is 5.82 Å². The largest absolute Gasteiger partial charge is 0.334 e. The van der Waals surface area contributed by atoms with E-state index >= 15 is 0 Å². The quantitative estimate of drug-likeness (QED) is 0.696. The normalized spacial score (nSPS) is 15.4. The Morgan fingerprint density at radius 2 is 2.00 bits per heavy atom. The molecule has 1 saturated carbocycles. The molecule has 0 aliphatic heterocycles. The van der Waals surface area contributed by atoms with Crippen molar-refractivity contribution in [2.75, 3.05) is 5.32 Å². The average Bonchev–Trinajstić information content (AvgIpc) is 3.37. The minimum Gasteiger partial charge on any atom is -0.334 e. The monoisotopic (exact) mass is 390 g/mol. The van der Waals surface area contributed by atoms with Crippen LogP contribution in [0, 0.1) is 0 Å². The molecule has 0 spiro atoms. The fourth-order valence-electron chi connectivity index (χ4n) is 3.13. The van der Waals surface area contributed by atoms with E-state index in [0.29, 0.717) is 28.5 Å². The smallest absolute Gasteiger partial charge is 0.260 e. The number of carbonyl (C=O) groups excluding carboxylic acids is 1. The molecule has 1 fully saturated rings. The second-order valence-electron chi connectivity index (χ2n) is 6.30. The third-order valence-corrected chi connectivity index (χ3v) is 5.24. The molecule has 3 aromatic rings. The first-order chi connectivity index (χ1) is 12.2. The lowest BCUT2D eigenvalue weighted by atomic mass is 9.98. The van der Waals surface area contributed by atoms with E-state index in [-0.39, 0.29) is 18.3 Å². The first-order valence-corrected chi connectivity index (χ1v) is 9.16. The number of rotatable bonds is 4. The maximum Gasteiger partial charge on any atom is 0.260 e. The first kappa shape index (κ1) is 18.6. The second-order valence-corrected chi connectivity index (χ2v) is 7.08. The Labute approximate surface area is 161 Å². The predicted octanol–water partition coefficient (Wildman–Crippen LogP) is 4.20. The molecule has 2 aromatic heterocycles. The Bertz CT molecular complexity index is 888. The Balaban J connectivity index is 0.00000196. The molecule has 1 amide bonds. The van der Waals surface area contributed by atoms with Gasteiger partial charge in [-0.25, -0.2) is 0 Å². The predicted molar refractivity (Wildman–Crippen MR) is 104 cm³/mol. The number of anilines is 1. The van der Waals surface area contributed by atoms with Gasteiger partial charge < -0.3 is 15.6 Å². The van der Waals surface area contributed by atoms with E-state index < -0.39 is 5.54 Å². The lowest BCUT2D eigenvalue weighted by Crippen LogP contribution is -2.34. The zero-order valence-electron chi connectivity index (χ0n) is 14.0. The van der Waals surface area contributed by atoms with Crippen molar-refractivity contribution in [1.29, 1.82) is 0 Å². The summed E-state index contributed by atoms with van der Waals surface area (Å²) in [5.74, 6) is 0.742. The third kappa shape index (κ3) is 3.51. The van der Waals surface area contributed by atoms with Crippen LogP contribution in [-0.4, -0.2) is 16.0 Å². The summed E-state index contributed by atoms with van der Waals surface area (Å²) < 4.78 is 5.45. The number of amides is 1. The number of aromatic nitrogens is 2. The van der Waals surface area contributed by atoms with Crippen molar-refractivity contribution in [2.45, 2.75) is 31.2 Å². The van der Waals surface area contributed by atoms with E-state index in [9.17, 15) is 4.79 Å². The molecule has 0 radical (unpaired) electrons. The molecule has 1 aliphatic rings. The van der Waals surface area contributed by atoms with Gasteiger partial charge in [-0.05, 0) is 36.4 Å². The maximum atomic E-state index is 12.3. The SMILES string of the molecule is Cl.NC1(c2noc(-c3ccccc3NC(=O)c3ccsc3)n2)CCCC1. The minimum atomic E-state index is -0.503. The van der Waals surface area contributed by atoms with E-state index in [4.69, 9.17) is 10.3 Å². The van der Waals surface area contributed by atoms with Crippen LogP contribution in [0.3, 0.4) is 0 Å². The molecule has 0 unspecified atom stereocenters. The minimum absolute atomic E-state index is 0. The molecule has 26 heavy (non-hydrogen) atoms. The van der Waals surface area contributed by atoms with Crippen LogP contribution in [0.15, 0.2) is 45.6 Å². The second kappa shape index (κ2) is 7.57. The van der Waals surface area contributed by atoms with Crippen molar-refractivity contribution in [3.63, 3.8) is 0 Å². The topological polar surface area (TPSA) is 94.0 Å². The van der Waals surface area contributed by atoms with Crippen molar-refractivity contribution in [2.24, 2.45) is 5.73 Å². The highest BCUT2D eigenvalue weighted by molar-refractivity contribution is 7.08. The van der Waals surface area contributed by atoms with Crippen molar-refractivity contribution >= 4 is 35.3 Å². The number of para-hydroxylation sites is 1. The summed E-state index contributed by atoms with van der Waals surface area (Å²) in [6, 6.07) is 9.17. The van der Waals surface area contributed by atoms with E-state index in [2.05, 4.69) is 15.5 Å². The molecular formula is C18H19ClN4O2S. The highest BCUT2D eigenvalue weighted by Gasteiger charge is 2.36. The summed E-state index contributed by atoms with van der Waals surface area (Å²) in [7, 11) is 0. The fraction of sp³-hybridized carbons (Fsp3) is 0.278.